The van der Waals surface area contributed by atoms with E-state index in [2.05, 4.69) is 4.98 Å². The van der Waals surface area contributed by atoms with Crippen molar-refractivity contribution in [3.05, 3.63) is 52.0 Å². The number of nitrogens with zero attached hydrogens (tertiary/aromatic N) is 1. The minimum atomic E-state index is -4.40. The highest BCUT2D eigenvalue weighted by molar-refractivity contribution is 7.09. The molecule has 1 heterocycles. The Balaban J connectivity index is 2.34. The van der Waals surface area contributed by atoms with Crippen molar-refractivity contribution in [2.24, 2.45) is 0 Å². The van der Waals surface area contributed by atoms with Gasteiger partial charge < -0.3 is 5.11 Å². The highest BCUT2D eigenvalue weighted by atomic mass is 32.1. The molecule has 2 rings (SSSR count). The van der Waals surface area contributed by atoms with Crippen LogP contribution in [0.2, 0.25) is 0 Å². The molecule has 2 nitrogen and oxygen atoms in total. The molecule has 1 aromatic heterocycles. The summed E-state index contributed by atoms with van der Waals surface area (Å²) in [7, 11) is 0. The van der Waals surface area contributed by atoms with Gasteiger partial charge >= 0.3 is 6.18 Å². The van der Waals surface area contributed by atoms with Crippen molar-refractivity contribution in [2.75, 3.05) is 0 Å². The molecule has 0 fully saturated rings. The minimum Gasteiger partial charge on any atom is -0.383 e. The zero-order chi connectivity index (χ0) is 12.5. The zero-order valence-electron chi connectivity index (χ0n) is 8.48. The van der Waals surface area contributed by atoms with E-state index in [9.17, 15) is 18.3 Å². The van der Waals surface area contributed by atoms with E-state index in [1.54, 1.807) is 0 Å². The van der Waals surface area contributed by atoms with E-state index in [0.29, 0.717) is 4.88 Å². The minimum absolute atomic E-state index is 0.212. The van der Waals surface area contributed by atoms with E-state index in [-0.39, 0.29) is 5.56 Å². The van der Waals surface area contributed by atoms with Gasteiger partial charge in [-0.25, -0.2) is 0 Å². The maximum absolute atomic E-state index is 12.5. The van der Waals surface area contributed by atoms with Crippen LogP contribution in [-0.2, 0) is 6.18 Å². The summed E-state index contributed by atoms with van der Waals surface area (Å²) in [5, 5.41) is 9.87. The summed E-state index contributed by atoms with van der Waals surface area (Å²) in [5.41, 5.74) is 0.967. The molecule has 0 aliphatic heterocycles. The van der Waals surface area contributed by atoms with Crippen LogP contribution >= 0.6 is 11.3 Å². The Labute approximate surface area is 99.4 Å². The summed E-state index contributed by atoms with van der Waals surface area (Å²) >= 11 is 1.20. The summed E-state index contributed by atoms with van der Waals surface area (Å²) in [6, 6.07) is 4.66. The number of hydrogen-bond donors (Lipinski definition) is 1. The largest absolute Gasteiger partial charge is 0.416 e. The maximum atomic E-state index is 12.5. The van der Waals surface area contributed by atoms with Gasteiger partial charge in [-0.2, -0.15) is 13.2 Å². The Morgan fingerprint density at radius 2 is 2.06 bits per heavy atom. The van der Waals surface area contributed by atoms with Crippen molar-refractivity contribution >= 4 is 11.3 Å². The average Bonchev–Trinajstić information content (AvgIpc) is 2.80. The molecule has 1 atom stereocenters. The van der Waals surface area contributed by atoms with Crippen molar-refractivity contribution in [2.45, 2.75) is 12.3 Å². The lowest BCUT2D eigenvalue weighted by atomic mass is 10.1. The summed E-state index contributed by atoms with van der Waals surface area (Å²) < 4.78 is 37.4. The van der Waals surface area contributed by atoms with Crippen molar-refractivity contribution in [1.29, 1.82) is 0 Å². The lowest BCUT2D eigenvalue weighted by Gasteiger charge is -2.12. The SMILES string of the molecule is OC(c1cccc(C(F)(F)F)c1)c1cncs1. The molecule has 0 radical (unpaired) electrons. The number of aliphatic hydroxyl groups is 1. The molecule has 0 bridgehead atoms. The van der Waals surface area contributed by atoms with Crippen molar-refractivity contribution < 1.29 is 18.3 Å². The summed E-state index contributed by atoms with van der Waals surface area (Å²) in [4.78, 5) is 4.29. The number of thiazole rings is 1. The van der Waals surface area contributed by atoms with Crippen LogP contribution in [0.15, 0.2) is 36.0 Å². The van der Waals surface area contributed by atoms with Crippen molar-refractivity contribution in [3.63, 3.8) is 0 Å². The second kappa shape index (κ2) is 4.46. The number of rotatable bonds is 2. The third-order valence-corrected chi connectivity index (χ3v) is 3.08. The zero-order valence-corrected chi connectivity index (χ0v) is 9.29. The second-order valence-electron chi connectivity index (χ2n) is 3.43. The second-order valence-corrected chi connectivity index (χ2v) is 4.35. The van der Waals surface area contributed by atoms with Gasteiger partial charge in [0.05, 0.1) is 16.0 Å². The van der Waals surface area contributed by atoms with Gasteiger partial charge in [-0.15, -0.1) is 11.3 Å². The molecule has 2 aromatic rings. The molecule has 0 amide bonds. The Morgan fingerprint density at radius 3 is 2.65 bits per heavy atom. The first-order valence-corrected chi connectivity index (χ1v) is 5.60. The Hall–Kier alpha value is -1.40. The van der Waals surface area contributed by atoms with Gasteiger partial charge in [0.1, 0.15) is 6.10 Å². The molecule has 6 heteroatoms. The molecule has 1 N–H and O–H groups in total. The van der Waals surface area contributed by atoms with Crippen LogP contribution in [-0.4, -0.2) is 10.1 Å². The van der Waals surface area contributed by atoms with Gasteiger partial charge in [0, 0.05) is 6.20 Å². The normalized spacial score (nSPS) is 13.6. The van der Waals surface area contributed by atoms with Crippen LogP contribution in [0.3, 0.4) is 0 Å². The Morgan fingerprint density at radius 1 is 1.29 bits per heavy atom. The molecule has 17 heavy (non-hydrogen) atoms. The van der Waals surface area contributed by atoms with Crippen LogP contribution < -0.4 is 0 Å². The predicted octanol–water partition coefficient (Wildman–Crippen LogP) is 3.24. The predicted molar refractivity (Wildman–Crippen MR) is 57.6 cm³/mol. The summed E-state index contributed by atoms with van der Waals surface area (Å²) in [5.74, 6) is 0. The van der Waals surface area contributed by atoms with E-state index < -0.39 is 17.8 Å². The molecule has 1 unspecified atom stereocenters. The molecule has 90 valence electrons. The number of hydrogen-bond acceptors (Lipinski definition) is 3. The number of halogens is 3. The topological polar surface area (TPSA) is 33.1 Å². The van der Waals surface area contributed by atoms with Crippen LogP contribution in [0.1, 0.15) is 22.1 Å². The van der Waals surface area contributed by atoms with Gasteiger partial charge in [0.25, 0.3) is 0 Å². The fraction of sp³-hybridized carbons (Fsp3) is 0.182. The van der Waals surface area contributed by atoms with Gasteiger partial charge in [0.2, 0.25) is 0 Å². The van der Waals surface area contributed by atoms with E-state index in [1.807, 2.05) is 0 Å². The first-order chi connectivity index (χ1) is 7.98. The van der Waals surface area contributed by atoms with E-state index in [1.165, 1.54) is 35.2 Å². The highest BCUT2D eigenvalue weighted by Gasteiger charge is 2.31. The molecular weight excluding hydrogens is 251 g/mol. The molecule has 0 spiro atoms. The van der Waals surface area contributed by atoms with Crippen molar-refractivity contribution in [3.8, 4) is 0 Å². The van der Waals surface area contributed by atoms with E-state index >= 15 is 0 Å². The third-order valence-electron chi connectivity index (χ3n) is 2.25. The molecule has 0 saturated heterocycles. The van der Waals surface area contributed by atoms with Gasteiger partial charge in [0.15, 0.2) is 0 Å². The Kier molecular flexibility index (Phi) is 3.17. The highest BCUT2D eigenvalue weighted by Crippen LogP contribution is 2.32. The Bertz CT molecular complexity index is 496. The number of aromatic nitrogens is 1. The summed E-state index contributed by atoms with van der Waals surface area (Å²) in [6.45, 7) is 0. The van der Waals surface area contributed by atoms with Crippen molar-refractivity contribution in [1.82, 2.24) is 4.98 Å². The fourth-order valence-corrected chi connectivity index (χ4v) is 2.04. The fourth-order valence-electron chi connectivity index (χ4n) is 1.41. The van der Waals surface area contributed by atoms with Gasteiger partial charge in [-0.3, -0.25) is 4.98 Å². The monoisotopic (exact) mass is 259 g/mol. The van der Waals surface area contributed by atoms with E-state index in [0.717, 1.165) is 12.1 Å². The molecule has 0 saturated carbocycles. The molecule has 0 aliphatic carbocycles. The molecule has 0 aliphatic rings. The number of aliphatic hydroxyl groups excluding tert-OH is 1. The molecule has 1 aromatic carbocycles. The standard InChI is InChI=1S/C11H8F3NOS/c12-11(13,14)8-3-1-2-7(4-8)10(16)9-5-15-6-17-9/h1-6,10,16H. The van der Waals surface area contributed by atoms with Crippen LogP contribution in [0.5, 0.6) is 0 Å². The smallest absolute Gasteiger partial charge is 0.383 e. The quantitative estimate of drug-likeness (QED) is 0.898. The first kappa shape index (κ1) is 12.1. The lowest BCUT2D eigenvalue weighted by molar-refractivity contribution is -0.137. The maximum Gasteiger partial charge on any atom is 0.416 e. The summed E-state index contributed by atoms with van der Waals surface area (Å²) in [6.07, 6.45) is -4.02. The number of benzene rings is 1. The lowest BCUT2D eigenvalue weighted by Crippen LogP contribution is -2.06. The van der Waals surface area contributed by atoms with E-state index in [4.69, 9.17) is 0 Å². The van der Waals surface area contributed by atoms with Gasteiger partial charge in [-0.05, 0) is 17.7 Å². The van der Waals surface area contributed by atoms with Crippen LogP contribution in [0.25, 0.3) is 0 Å². The van der Waals surface area contributed by atoms with Crippen LogP contribution in [0.4, 0.5) is 13.2 Å². The van der Waals surface area contributed by atoms with Crippen LogP contribution in [0, 0.1) is 0 Å². The van der Waals surface area contributed by atoms with Gasteiger partial charge in [-0.1, -0.05) is 12.1 Å². The third kappa shape index (κ3) is 2.65. The number of alkyl halides is 3. The molecular formula is C11H8F3NOS. The average molecular weight is 259 g/mol. The first-order valence-electron chi connectivity index (χ1n) is 4.72.